The number of ether oxygens (including phenoxy) is 1. The van der Waals surface area contributed by atoms with Crippen LogP contribution in [0.2, 0.25) is 0 Å². The number of amides is 2. The highest BCUT2D eigenvalue weighted by Crippen LogP contribution is 2.21. The van der Waals surface area contributed by atoms with Gasteiger partial charge in [0.2, 0.25) is 11.8 Å². The number of hydrogen-bond donors (Lipinski definition) is 2. The minimum Gasteiger partial charge on any atom is -0.466 e. The summed E-state index contributed by atoms with van der Waals surface area (Å²) in [5, 5.41) is 6.37. The second kappa shape index (κ2) is 44.3. The Hall–Kier alpha value is -1.28. The Balaban J connectivity index is 2.26. The van der Waals surface area contributed by atoms with Crippen LogP contribution in [0, 0.1) is 5.92 Å². The van der Waals surface area contributed by atoms with Crippen LogP contribution in [0.5, 0.6) is 0 Å². The topological polar surface area (TPSA) is 87.7 Å². The average Bonchev–Trinajstić information content (AvgIpc) is 3.25. The van der Waals surface area contributed by atoms with E-state index in [4.69, 9.17) is 4.74 Å². The van der Waals surface area contributed by atoms with E-state index < -0.39 is 6.04 Å². The summed E-state index contributed by atoms with van der Waals surface area (Å²) >= 11 is 1.68. The molecule has 2 unspecified atom stereocenters. The Labute approximate surface area is 377 Å². The van der Waals surface area contributed by atoms with Crippen molar-refractivity contribution in [3.05, 3.63) is 0 Å². The van der Waals surface area contributed by atoms with Gasteiger partial charge in [0.1, 0.15) is 6.04 Å². The number of piperidine rings is 1. The zero-order chi connectivity index (χ0) is 43.4. The Kier molecular flexibility index (Phi) is 41.9. The van der Waals surface area contributed by atoms with E-state index in [2.05, 4.69) is 36.3 Å². The number of hydrogen-bond acceptors (Lipinski definition) is 6. The lowest BCUT2D eigenvalue weighted by molar-refractivity contribution is -0.143. The number of carbonyl (C=O) groups excluding carboxylic acids is 3. The molecule has 0 saturated carbocycles. The predicted octanol–water partition coefficient (Wildman–Crippen LogP) is 14.3. The molecule has 2 atom stereocenters. The molecular formula is C52H101N3O4S. The fourth-order valence-electron chi connectivity index (χ4n) is 8.67. The number of nitrogens with one attached hydrogen (secondary N) is 2. The van der Waals surface area contributed by atoms with E-state index in [0.717, 1.165) is 70.3 Å². The smallest absolute Gasteiger partial charge is 0.306 e. The van der Waals surface area contributed by atoms with Gasteiger partial charge >= 0.3 is 5.97 Å². The molecule has 0 spiro atoms. The van der Waals surface area contributed by atoms with Crippen LogP contribution in [-0.4, -0.2) is 73.0 Å². The third-order valence-electron chi connectivity index (χ3n) is 12.8. The molecule has 1 aliphatic rings. The molecular weight excluding hydrogens is 763 g/mol. The highest BCUT2D eigenvalue weighted by molar-refractivity contribution is 7.99. The molecule has 0 aromatic rings. The monoisotopic (exact) mass is 864 g/mol. The molecule has 354 valence electrons. The number of unbranched alkanes of at least 4 members (excludes halogenated alkanes) is 27. The first kappa shape index (κ1) is 56.7. The Bertz CT molecular complexity index is 962. The Morgan fingerprint density at radius 2 is 0.950 bits per heavy atom. The Morgan fingerprint density at radius 1 is 0.517 bits per heavy atom. The molecule has 1 saturated heterocycles. The summed E-state index contributed by atoms with van der Waals surface area (Å²) < 4.78 is 5.55. The van der Waals surface area contributed by atoms with Crippen molar-refractivity contribution in [2.24, 2.45) is 5.92 Å². The maximum absolute atomic E-state index is 13.7. The molecule has 1 fully saturated rings. The van der Waals surface area contributed by atoms with Gasteiger partial charge in [0.05, 0.1) is 13.0 Å². The lowest BCUT2D eigenvalue weighted by Crippen LogP contribution is -2.50. The second-order valence-electron chi connectivity index (χ2n) is 18.4. The van der Waals surface area contributed by atoms with Crippen LogP contribution < -0.4 is 10.6 Å². The van der Waals surface area contributed by atoms with E-state index in [9.17, 15) is 14.4 Å². The lowest BCUT2D eigenvalue weighted by atomic mass is 9.93. The third-order valence-corrected chi connectivity index (χ3v) is 13.8. The molecule has 0 radical (unpaired) electrons. The van der Waals surface area contributed by atoms with Crippen LogP contribution in [0.3, 0.4) is 0 Å². The first-order valence-electron chi connectivity index (χ1n) is 26.6. The standard InChI is InChI=1S/C52H101N3O4S/c1-4-7-10-13-15-16-17-18-19-20-21-22-23-24-25-26-27-28-30-36-45-59-50(56)40-47-60-46-39-49(52(58)53-41-44-55-42-34-31-35-43-55)54-51(57)48(37-32-12-9-6-3)38-33-29-14-11-8-5-2/h48-49H,4-47H2,1-3H3,(H,53,58)(H,54,57). The van der Waals surface area contributed by atoms with E-state index in [1.807, 2.05) is 0 Å². The van der Waals surface area contributed by atoms with Gasteiger partial charge in [0, 0.05) is 24.8 Å². The van der Waals surface area contributed by atoms with Gasteiger partial charge in [-0.2, -0.15) is 11.8 Å². The number of nitrogens with zero attached hydrogens (tertiary/aromatic N) is 1. The highest BCUT2D eigenvalue weighted by atomic mass is 32.2. The largest absolute Gasteiger partial charge is 0.466 e. The van der Waals surface area contributed by atoms with Crippen molar-refractivity contribution in [1.82, 2.24) is 15.5 Å². The molecule has 0 aliphatic carbocycles. The summed E-state index contributed by atoms with van der Waals surface area (Å²) in [5.74, 6) is 1.22. The number of rotatable bonds is 45. The molecule has 0 aromatic carbocycles. The summed E-state index contributed by atoms with van der Waals surface area (Å²) in [6, 6.07) is -0.541. The average molecular weight is 864 g/mol. The summed E-state index contributed by atoms with van der Waals surface area (Å²) in [6.45, 7) is 11.0. The minimum atomic E-state index is -0.541. The van der Waals surface area contributed by atoms with Gasteiger partial charge < -0.3 is 20.3 Å². The molecule has 0 bridgehead atoms. The SMILES string of the molecule is CCCCCCCCCCCCCCCCCCCCCCOC(=O)CCSCCC(NC(=O)C(CCCCCC)CCCCCCCC)C(=O)NCCN1CCCCC1. The van der Waals surface area contributed by atoms with Crippen molar-refractivity contribution >= 4 is 29.5 Å². The molecule has 2 N–H and O–H groups in total. The van der Waals surface area contributed by atoms with Crippen molar-refractivity contribution in [2.45, 2.75) is 264 Å². The summed E-state index contributed by atoms with van der Waals surface area (Å²) in [7, 11) is 0. The van der Waals surface area contributed by atoms with Crippen molar-refractivity contribution in [3.63, 3.8) is 0 Å². The van der Waals surface area contributed by atoms with Gasteiger partial charge in [-0.3, -0.25) is 14.4 Å². The number of carbonyl (C=O) groups is 3. The quantitative estimate of drug-likeness (QED) is 0.0468. The van der Waals surface area contributed by atoms with Crippen molar-refractivity contribution in [3.8, 4) is 0 Å². The van der Waals surface area contributed by atoms with Crippen LogP contribution in [0.1, 0.15) is 258 Å². The van der Waals surface area contributed by atoms with Crippen LogP contribution in [0.25, 0.3) is 0 Å². The van der Waals surface area contributed by atoms with E-state index in [1.165, 1.54) is 180 Å². The van der Waals surface area contributed by atoms with E-state index >= 15 is 0 Å². The van der Waals surface area contributed by atoms with Crippen molar-refractivity contribution in [2.75, 3.05) is 44.3 Å². The van der Waals surface area contributed by atoms with Gasteiger partial charge in [-0.05, 0) is 57.4 Å². The fourth-order valence-corrected chi connectivity index (χ4v) is 9.59. The number of thioether (sulfide) groups is 1. The van der Waals surface area contributed by atoms with Gasteiger partial charge in [0.25, 0.3) is 0 Å². The zero-order valence-corrected chi connectivity index (χ0v) is 41.1. The molecule has 8 heteroatoms. The first-order chi connectivity index (χ1) is 29.5. The molecule has 2 amide bonds. The van der Waals surface area contributed by atoms with Crippen LogP contribution >= 0.6 is 11.8 Å². The summed E-state index contributed by atoms with van der Waals surface area (Å²) in [6.07, 6.45) is 45.6. The third kappa shape index (κ3) is 36.2. The molecule has 1 aliphatic heterocycles. The van der Waals surface area contributed by atoms with Crippen LogP contribution in [-0.2, 0) is 19.1 Å². The first-order valence-corrected chi connectivity index (χ1v) is 27.7. The second-order valence-corrected chi connectivity index (χ2v) is 19.7. The normalized spacial score (nSPS) is 14.2. The van der Waals surface area contributed by atoms with E-state index in [-0.39, 0.29) is 23.7 Å². The predicted molar refractivity (Wildman–Crippen MR) is 261 cm³/mol. The van der Waals surface area contributed by atoms with Gasteiger partial charge in [-0.25, -0.2) is 0 Å². The van der Waals surface area contributed by atoms with Gasteiger partial charge in [0.15, 0.2) is 0 Å². The van der Waals surface area contributed by atoms with E-state index in [1.54, 1.807) is 11.8 Å². The molecule has 60 heavy (non-hydrogen) atoms. The Morgan fingerprint density at radius 3 is 1.43 bits per heavy atom. The maximum Gasteiger partial charge on any atom is 0.306 e. The minimum absolute atomic E-state index is 0.0297. The molecule has 0 aromatic heterocycles. The van der Waals surface area contributed by atoms with Gasteiger partial charge in [-0.15, -0.1) is 0 Å². The summed E-state index contributed by atoms with van der Waals surface area (Å²) in [4.78, 5) is 42.1. The highest BCUT2D eigenvalue weighted by Gasteiger charge is 2.25. The van der Waals surface area contributed by atoms with Crippen molar-refractivity contribution in [1.29, 1.82) is 0 Å². The molecule has 1 heterocycles. The molecule has 1 rings (SSSR count). The van der Waals surface area contributed by atoms with Crippen LogP contribution in [0.15, 0.2) is 0 Å². The number of likely N-dealkylation sites (tertiary alicyclic amines) is 1. The number of esters is 1. The zero-order valence-electron chi connectivity index (χ0n) is 40.3. The van der Waals surface area contributed by atoms with Gasteiger partial charge in [-0.1, -0.05) is 213 Å². The summed E-state index contributed by atoms with van der Waals surface area (Å²) in [5.41, 5.74) is 0. The fraction of sp³-hybridized carbons (Fsp3) is 0.942. The van der Waals surface area contributed by atoms with E-state index in [0.29, 0.717) is 31.7 Å². The van der Waals surface area contributed by atoms with Crippen molar-refractivity contribution < 1.29 is 19.1 Å². The maximum atomic E-state index is 13.7. The van der Waals surface area contributed by atoms with Crippen LogP contribution in [0.4, 0.5) is 0 Å². The lowest BCUT2D eigenvalue weighted by Gasteiger charge is -2.27. The molecule has 7 nitrogen and oxygen atoms in total.